The molecule has 8 heteroatoms. The van der Waals surface area contributed by atoms with Crippen molar-refractivity contribution in [1.29, 1.82) is 5.26 Å². The zero-order valence-corrected chi connectivity index (χ0v) is 14.0. The van der Waals surface area contributed by atoms with Crippen molar-refractivity contribution in [2.75, 3.05) is 0 Å². The van der Waals surface area contributed by atoms with Crippen molar-refractivity contribution in [3.05, 3.63) is 33.3 Å². The molecule has 0 unspecified atom stereocenters. The number of nitrogens with one attached hydrogen (secondary N) is 1. The third-order valence-corrected chi connectivity index (χ3v) is 4.31. The van der Waals surface area contributed by atoms with Gasteiger partial charge in [0.1, 0.15) is 5.54 Å². The highest BCUT2D eigenvalue weighted by Crippen LogP contribution is 2.31. The molecule has 1 saturated carbocycles. The molecule has 1 aliphatic rings. The van der Waals surface area contributed by atoms with E-state index in [0.717, 1.165) is 19.3 Å². The van der Waals surface area contributed by atoms with Crippen molar-refractivity contribution in [2.45, 2.75) is 50.7 Å². The molecule has 0 bridgehead atoms. The van der Waals surface area contributed by atoms with Gasteiger partial charge in [-0.05, 0) is 31.9 Å². The molecule has 7 nitrogen and oxygen atoms in total. The molecule has 1 aliphatic carbocycles. The minimum absolute atomic E-state index is 0.0401. The first kappa shape index (κ1) is 18.0. The number of nitro benzene ring substituents is 1. The number of benzene rings is 1. The van der Waals surface area contributed by atoms with Crippen LogP contribution in [0, 0.1) is 21.4 Å². The van der Waals surface area contributed by atoms with Crippen LogP contribution in [0.3, 0.4) is 0 Å². The van der Waals surface area contributed by atoms with E-state index in [1.165, 1.54) is 25.1 Å². The molecule has 0 aliphatic heterocycles. The molecule has 24 heavy (non-hydrogen) atoms. The number of halogens is 1. The lowest BCUT2D eigenvalue weighted by Crippen LogP contribution is -2.52. The summed E-state index contributed by atoms with van der Waals surface area (Å²) in [5.41, 5.74) is -1.19. The maximum Gasteiger partial charge on any atom is 0.312 e. The van der Waals surface area contributed by atoms with Gasteiger partial charge in [-0.1, -0.05) is 30.9 Å². The first-order valence-electron chi connectivity index (χ1n) is 7.71. The fourth-order valence-electron chi connectivity index (χ4n) is 2.73. The first-order chi connectivity index (χ1) is 11.4. The summed E-state index contributed by atoms with van der Waals surface area (Å²) in [7, 11) is 0. The van der Waals surface area contributed by atoms with Crippen molar-refractivity contribution in [2.24, 2.45) is 0 Å². The van der Waals surface area contributed by atoms with Gasteiger partial charge in [-0.2, -0.15) is 5.26 Å². The van der Waals surface area contributed by atoms with Crippen LogP contribution in [0.4, 0.5) is 5.69 Å². The Kier molecular flexibility index (Phi) is 5.62. The molecule has 1 N–H and O–H groups in total. The molecule has 128 valence electrons. The van der Waals surface area contributed by atoms with Crippen molar-refractivity contribution < 1.29 is 14.5 Å². The summed E-state index contributed by atoms with van der Waals surface area (Å²) in [6.45, 7) is 1.49. The maximum atomic E-state index is 12.3. The van der Waals surface area contributed by atoms with Crippen LogP contribution in [-0.2, 0) is 4.79 Å². The monoisotopic (exact) mass is 351 g/mol. The Morgan fingerprint density at radius 1 is 1.46 bits per heavy atom. The number of rotatable bonds is 5. The lowest BCUT2D eigenvalue weighted by molar-refractivity contribution is -0.386. The smallest absolute Gasteiger partial charge is 0.312 e. The predicted molar refractivity (Wildman–Crippen MR) is 87.8 cm³/mol. The van der Waals surface area contributed by atoms with Gasteiger partial charge in [-0.25, -0.2) is 0 Å². The average molecular weight is 352 g/mol. The van der Waals surface area contributed by atoms with Gasteiger partial charge in [-0.15, -0.1) is 0 Å². The highest BCUT2D eigenvalue weighted by molar-refractivity contribution is 6.30. The van der Waals surface area contributed by atoms with Gasteiger partial charge in [0.05, 0.1) is 11.0 Å². The summed E-state index contributed by atoms with van der Waals surface area (Å²) >= 11 is 5.75. The molecule has 1 aromatic rings. The Hall–Kier alpha value is -2.33. The second kappa shape index (κ2) is 7.49. The molecule has 0 spiro atoms. The zero-order valence-electron chi connectivity index (χ0n) is 13.3. The van der Waals surface area contributed by atoms with Crippen LogP contribution in [0.2, 0.25) is 5.02 Å². The Morgan fingerprint density at radius 2 is 2.12 bits per heavy atom. The number of nitrogens with zero attached hydrogens (tertiary/aromatic N) is 2. The van der Waals surface area contributed by atoms with Crippen LogP contribution in [-0.4, -0.2) is 22.5 Å². The van der Waals surface area contributed by atoms with E-state index in [2.05, 4.69) is 11.4 Å². The number of hydrogen-bond acceptors (Lipinski definition) is 5. The van der Waals surface area contributed by atoms with Gasteiger partial charge >= 0.3 is 5.69 Å². The standard InChI is InChI=1S/C16H18ClN3O4/c1-11(15(21)19-16(10-18)7-3-2-4-8-16)24-14-6-5-12(17)9-13(14)20(22)23/h5-6,9,11H,2-4,7-8H2,1H3,(H,19,21)/t11-/m0/s1. The minimum Gasteiger partial charge on any atom is -0.474 e. The molecule has 0 aromatic heterocycles. The quantitative estimate of drug-likeness (QED) is 0.646. The minimum atomic E-state index is -0.975. The molecule has 2 rings (SSSR count). The van der Waals surface area contributed by atoms with Crippen LogP contribution >= 0.6 is 11.6 Å². The number of ether oxygens (including phenoxy) is 1. The van der Waals surface area contributed by atoms with E-state index >= 15 is 0 Å². The molecule has 1 aromatic carbocycles. The van der Waals surface area contributed by atoms with Gasteiger partial charge in [0, 0.05) is 11.1 Å². The number of amides is 1. The second-order valence-electron chi connectivity index (χ2n) is 5.87. The number of carbonyl (C=O) groups excluding carboxylic acids is 1. The fraction of sp³-hybridized carbons (Fsp3) is 0.500. The second-order valence-corrected chi connectivity index (χ2v) is 6.31. The lowest BCUT2D eigenvalue weighted by atomic mass is 9.83. The third-order valence-electron chi connectivity index (χ3n) is 4.07. The Balaban J connectivity index is 2.09. The van der Waals surface area contributed by atoms with Crippen LogP contribution in [0.15, 0.2) is 18.2 Å². The van der Waals surface area contributed by atoms with E-state index in [4.69, 9.17) is 16.3 Å². The molecular weight excluding hydrogens is 334 g/mol. The Bertz CT molecular complexity index is 680. The SMILES string of the molecule is C[C@H](Oc1ccc(Cl)cc1[N+](=O)[O-])C(=O)NC1(C#N)CCCCC1. The molecule has 1 amide bonds. The Morgan fingerprint density at radius 3 is 2.71 bits per heavy atom. The van der Waals surface area contributed by atoms with E-state index in [1.807, 2.05) is 0 Å². The van der Waals surface area contributed by atoms with Gasteiger partial charge < -0.3 is 10.1 Å². The summed E-state index contributed by atoms with van der Waals surface area (Å²) in [6.07, 6.45) is 3.03. The van der Waals surface area contributed by atoms with Crippen LogP contribution in [0.1, 0.15) is 39.0 Å². The van der Waals surface area contributed by atoms with Gasteiger partial charge in [-0.3, -0.25) is 14.9 Å². The molecule has 0 saturated heterocycles. The van der Waals surface area contributed by atoms with Crippen molar-refractivity contribution in [3.63, 3.8) is 0 Å². The maximum absolute atomic E-state index is 12.3. The number of carbonyl (C=O) groups is 1. The lowest BCUT2D eigenvalue weighted by Gasteiger charge is -2.32. The van der Waals surface area contributed by atoms with Crippen molar-refractivity contribution in [3.8, 4) is 11.8 Å². The summed E-state index contributed by atoms with van der Waals surface area (Å²) in [5, 5.41) is 23.4. The number of nitriles is 1. The van der Waals surface area contributed by atoms with E-state index in [9.17, 15) is 20.2 Å². The molecule has 0 radical (unpaired) electrons. The van der Waals surface area contributed by atoms with E-state index in [1.54, 1.807) is 0 Å². The topological polar surface area (TPSA) is 105 Å². The summed E-state index contributed by atoms with van der Waals surface area (Å²) in [6, 6.07) is 6.16. The van der Waals surface area contributed by atoms with Crippen LogP contribution in [0.25, 0.3) is 0 Å². The van der Waals surface area contributed by atoms with E-state index in [-0.39, 0.29) is 16.5 Å². The summed E-state index contributed by atoms with van der Waals surface area (Å²) in [5.74, 6) is -0.510. The molecule has 0 heterocycles. The van der Waals surface area contributed by atoms with Gasteiger partial charge in [0.15, 0.2) is 11.9 Å². The molecule has 1 atom stereocenters. The normalized spacial score (nSPS) is 17.4. The van der Waals surface area contributed by atoms with Crippen LogP contribution < -0.4 is 10.1 Å². The van der Waals surface area contributed by atoms with Crippen LogP contribution in [0.5, 0.6) is 5.75 Å². The average Bonchev–Trinajstić information content (AvgIpc) is 2.57. The fourth-order valence-corrected chi connectivity index (χ4v) is 2.90. The summed E-state index contributed by atoms with van der Waals surface area (Å²) < 4.78 is 5.43. The Labute approximate surface area is 144 Å². The first-order valence-corrected chi connectivity index (χ1v) is 8.08. The number of nitro groups is 1. The predicted octanol–water partition coefficient (Wildman–Crippen LogP) is 3.36. The van der Waals surface area contributed by atoms with Gasteiger partial charge in [0.25, 0.3) is 5.91 Å². The van der Waals surface area contributed by atoms with Gasteiger partial charge in [0.2, 0.25) is 0 Å². The third kappa shape index (κ3) is 4.15. The van der Waals surface area contributed by atoms with E-state index in [0.29, 0.717) is 12.8 Å². The highest BCUT2D eigenvalue weighted by atomic mass is 35.5. The van der Waals surface area contributed by atoms with Crippen molar-refractivity contribution >= 4 is 23.2 Å². The highest BCUT2D eigenvalue weighted by Gasteiger charge is 2.35. The molecular formula is C16H18ClN3O4. The van der Waals surface area contributed by atoms with E-state index < -0.39 is 22.5 Å². The summed E-state index contributed by atoms with van der Waals surface area (Å²) in [4.78, 5) is 22.8. The largest absolute Gasteiger partial charge is 0.474 e. The molecule has 1 fully saturated rings. The zero-order chi connectivity index (χ0) is 17.7. The van der Waals surface area contributed by atoms with Crippen molar-refractivity contribution in [1.82, 2.24) is 5.32 Å². The number of hydrogen-bond donors (Lipinski definition) is 1.